The van der Waals surface area contributed by atoms with Gasteiger partial charge in [-0.2, -0.15) is 0 Å². The molecule has 1 N–H and O–H groups in total. The predicted molar refractivity (Wildman–Crippen MR) is 53.4 cm³/mol. The molecule has 0 atom stereocenters. The van der Waals surface area contributed by atoms with Crippen LogP contribution >= 0.6 is 0 Å². The van der Waals surface area contributed by atoms with E-state index in [-0.39, 0.29) is 5.82 Å². The van der Waals surface area contributed by atoms with Crippen LogP contribution in [0.1, 0.15) is 11.1 Å². The lowest BCUT2D eigenvalue weighted by Gasteiger charge is -2.02. The Morgan fingerprint density at radius 3 is 2.53 bits per heavy atom. The minimum absolute atomic E-state index is 0.210. The lowest BCUT2D eigenvalue weighted by molar-refractivity contribution is 0.418. The van der Waals surface area contributed by atoms with Crippen LogP contribution in [0.2, 0.25) is 0 Å². The summed E-state index contributed by atoms with van der Waals surface area (Å²) < 4.78 is 17.3. The molecule has 0 saturated carbocycles. The maximum atomic E-state index is 12.6. The van der Waals surface area contributed by atoms with Crippen molar-refractivity contribution in [2.45, 2.75) is 13.1 Å². The maximum absolute atomic E-state index is 12.6. The topological polar surface area (TPSA) is 38.1 Å². The fraction of sp³-hybridized carbons (Fsp3) is 0.182. The summed E-state index contributed by atoms with van der Waals surface area (Å²) in [7, 11) is 0. The van der Waals surface area contributed by atoms with E-state index in [9.17, 15) is 4.39 Å². The molecule has 0 fully saturated rings. The first-order chi connectivity index (χ1) is 7.34. The van der Waals surface area contributed by atoms with E-state index in [2.05, 4.69) is 10.5 Å². The number of nitrogens with one attached hydrogen (secondary N) is 1. The van der Waals surface area contributed by atoms with E-state index < -0.39 is 0 Å². The van der Waals surface area contributed by atoms with E-state index in [1.54, 1.807) is 24.6 Å². The van der Waals surface area contributed by atoms with Crippen molar-refractivity contribution < 1.29 is 8.91 Å². The molecule has 0 saturated heterocycles. The zero-order valence-electron chi connectivity index (χ0n) is 8.11. The molecule has 0 spiro atoms. The zero-order chi connectivity index (χ0) is 10.5. The highest BCUT2D eigenvalue weighted by Crippen LogP contribution is 2.03. The molecular weight excluding hydrogens is 195 g/mol. The van der Waals surface area contributed by atoms with Gasteiger partial charge < -0.3 is 9.84 Å². The second kappa shape index (κ2) is 4.70. The van der Waals surface area contributed by atoms with Crippen LogP contribution in [-0.4, -0.2) is 5.16 Å². The number of hydrogen-bond acceptors (Lipinski definition) is 3. The normalized spacial score (nSPS) is 10.5. The van der Waals surface area contributed by atoms with Crippen LogP contribution in [0.4, 0.5) is 4.39 Å². The van der Waals surface area contributed by atoms with Crippen molar-refractivity contribution in [3.63, 3.8) is 0 Å². The first-order valence-corrected chi connectivity index (χ1v) is 4.68. The smallest absolute Gasteiger partial charge is 0.128 e. The summed E-state index contributed by atoms with van der Waals surface area (Å²) in [4.78, 5) is 0. The van der Waals surface area contributed by atoms with Crippen molar-refractivity contribution in [3.05, 3.63) is 53.7 Å². The van der Waals surface area contributed by atoms with Gasteiger partial charge in [-0.25, -0.2) is 4.39 Å². The van der Waals surface area contributed by atoms with Crippen LogP contribution < -0.4 is 5.32 Å². The fourth-order valence-electron chi connectivity index (χ4n) is 1.27. The Morgan fingerprint density at radius 2 is 1.87 bits per heavy atom. The van der Waals surface area contributed by atoms with Crippen molar-refractivity contribution in [1.82, 2.24) is 10.5 Å². The van der Waals surface area contributed by atoms with Gasteiger partial charge in [0.1, 0.15) is 12.1 Å². The van der Waals surface area contributed by atoms with Crippen LogP contribution in [0, 0.1) is 5.82 Å². The van der Waals surface area contributed by atoms with Gasteiger partial charge in [-0.15, -0.1) is 0 Å². The van der Waals surface area contributed by atoms with Crippen LogP contribution in [0.15, 0.2) is 41.2 Å². The van der Waals surface area contributed by atoms with Gasteiger partial charge in [0.25, 0.3) is 0 Å². The van der Waals surface area contributed by atoms with E-state index in [0.29, 0.717) is 13.1 Å². The van der Waals surface area contributed by atoms with Crippen LogP contribution in [0.25, 0.3) is 0 Å². The second-order valence-corrected chi connectivity index (χ2v) is 3.26. The van der Waals surface area contributed by atoms with Gasteiger partial charge in [0.05, 0.1) is 6.20 Å². The van der Waals surface area contributed by atoms with Gasteiger partial charge in [0, 0.05) is 18.7 Å². The molecule has 15 heavy (non-hydrogen) atoms. The van der Waals surface area contributed by atoms with Gasteiger partial charge in [0.2, 0.25) is 0 Å². The van der Waals surface area contributed by atoms with Crippen LogP contribution in [0.3, 0.4) is 0 Å². The third-order valence-electron chi connectivity index (χ3n) is 2.05. The number of hydrogen-bond donors (Lipinski definition) is 1. The van der Waals surface area contributed by atoms with Crippen LogP contribution in [-0.2, 0) is 13.1 Å². The summed E-state index contributed by atoms with van der Waals surface area (Å²) in [6.45, 7) is 1.40. The monoisotopic (exact) mass is 206 g/mol. The summed E-state index contributed by atoms with van der Waals surface area (Å²) in [6, 6.07) is 6.43. The fourth-order valence-corrected chi connectivity index (χ4v) is 1.27. The first-order valence-electron chi connectivity index (χ1n) is 4.68. The molecular formula is C11H11FN2O. The Balaban J connectivity index is 1.81. The molecule has 0 aliphatic heterocycles. The largest absolute Gasteiger partial charge is 0.364 e. The second-order valence-electron chi connectivity index (χ2n) is 3.26. The molecule has 4 heteroatoms. The molecule has 2 aromatic rings. The van der Waals surface area contributed by atoms with Crippen molar-refractivity contribution in [1.29, 1.82) is 0 Å². The standard InChI is InChI=1S/C11H11FN2O/c12-11-3-1-9(2-4-11)5-13-6-10-7-14-15-8-10/h1-4,7-8,13H,5-6H2. The number of halogens is 1. The highest BCUT2D eigenvalue weighted by atomic mass is 19.1. The van der Waals surface area contributed by atoms with Gasteiger partial charge in [0.15, 0.2) is 0 Å². The van der Waals surface area contributed by atoms with Gasteiger partial charge >= 0.3 is 0 Å². The Kier molecular flexibility index (Phi) is 3.09. The maximum Gasteiger partial charge on any atom is 0.128 e. The highest BCUT2D eigenvalue weighted by molar-refractivity contribution is 5.15. The van der Waals surface area contributed by atoms with Crippen molar-refractivity contribution in [2.24, 2.45) is 0 Å². The molecule has 1 aromatic carbocycles. The third kappa shape index (κ3) is 2.89. The quantitative estimate of drug-likeness (QED) is 0.832. The molecule has 0 radical (unpaired) electrons. The Bertz CT molecular complexity index is 397. The highest BCUT2D eigenvalue weighted by Gasteiger charge is 1.96. The number of aromatic nitrogens is 1. The molecule has 0 bridgehead atoms. The number of benzene rings is 1. The minimum Gasteiger partial charge on any atom is -0.364 e. The lowest BCUT2D eigenvalue weighted by atomic mass is 10.2. The van der Waals surface area contributed by atoms with E-state index in [1.807, 2.05) is 0 Å². The number of rotatable bonds is 4. The molecule has 0 unspecified atom stereocenters. The van der Waals surface area contributed by atoms with Gasteiger partial charge in [-0.3, -0.25) is 0 Å². The van der Waals surface area contributed by atoms with Gasteiger partial charge in [-0.1, -0.05) is 17.3 Å². The lowest BCUT2D eigenvalue weighted by Crippen LogP contribution is -2.11. The SMILES string of the molecule is Fc1ccc(CNCc2cnoc2)cc1. The summed E-state index contributed by atoms with van der Waals surface area (Å²) in [5.41, 5.74) is 2.05. The molecule has 1 heterocycles. The predicted octanol–water partition coefficient (Wildman–Crippen LogP) is 2.10. The van der Waals surface area contributed by atoms with Crippen LogP contribution in [0.5, 0.6) is 0 Å². The molecule has 78 valence electrons. The zero-order valence-corrected chi connectivity index (χ0v) is 8.11. The Labute approximate surface area is 86.9 Å². The third-order valence-corrected chi connectivity index (χ3v) is 2.05. The summed E-state index contributed by atoms with van der Waals surface area (Å²) in [5.74, 6) is -0.210. The molecule has 0 aliphatic rings. The molecule has 2 rings (SSSR count). The first kappa shape index (κ1) is 9.86. The van der Waals surface area contributed by atoms with E-state index in [0.717, 1.165) is 11.1 Å². The minimum atomic E-state index is -0.210. The van der Waals surface area contributed by atoms with E-state index in [1.165, 1.54) is 12.1 Å². The summed E-state index contributed by atoms with van der Waals surface area (Å²) in [5, 5.41) is 6.80. The summed E-state index contributed by atoms with van der Waals surface area (Å²) in [6.07, 6.45) is 3.26. The molecule has 1 aromatic heterocycles. The number of nitrogens with zero attached hydrogens (tertiary/aromatic N) is 1. The molecule has 3 nitrogen and oxygen atoms in total. The summed E-state index contributed by atoms with van der Waals surface area (Å²) >= 11 is 0. The van der Waals surface area contributed by atoms with Gasteiger partial charge in [-0.05, 0) is 17.7 Å². The van der Waals surface area contributed by atoms with E-state index in [4.69, 9.17) is 4.52 Å². The van der Waals surface area contributed by atoms with Crippen molar-refractivity contribution in [3.8, 4) is 0 Å². The Morgan fingerprint density at radius 1 is 1.13 bits per heavy atom. The van der Waals surface area contributed by atoms with Crippen molar-refractivity contribution in [2.75, 3.05) is 0 Å². The Hall–Kier alpha value is -1.68. The molecule has 0 aliphatic carbocycles. The van der Waals surface area contributed by atoms with E-state index >= 15 is 0 Å². The molecule has 0 amide bonds. The average Bonchev–Trinajstić information content (AvgIpc) is 2.74. The average molecular weight is 206 g/mol. The van der Waals surface area contributed by atoms with Crippen molar-refractivity contribution >= 4 is 0 Å².